The normalized spacial score (nSPS) is 15.2. The zero-order valence-electron chi connectivity index (χ0n) is 11.9. The van der Waals surface area contributed by atoms with Crippen molar-refractivity contribution in [3.8, 4) is 0 Å². The van der Waals surface area contributed by atoms with Crippen LogP contribution in [-0.2, 0) is 12.8 Å². The number of aliphatic hydroxyl groups excluding tert-OH is 1. The van der Waals surface area contributed by atoms with Crippen molar-refractivity contribution in [3.63, 3.8) is 0 Å². The Labute approximate surface area is 125 Å². The molecule has 0 saturated carbocycles. The monoisotopic (exact) mass is 286 g/mol. The molecule has 1 aliphatic carbocycles. The summed E-state index contributed by atoms with van der Waals surface area (Å²) < 4.78 is 0. The standard InChI is InChI=1S/C18H19ClO/c1-11-9-17(19)12(2)8-16(11)18(20)15-7-6-13-4-3-5-14(13)10-15/h6-10,18,20H,3-5H2,1-2H3. The summed E-state index contributed by atoms with van der Waals surface area (Å²) in [4.78, 5) is 0. The Morgan fingerprint density at radius 3 is 2.55 bits per heavy atom. The Morgan fingerprint density at radius 2 is 1.75 bits per heavy atom. The Hall–Kier alpha value is -1.31. The van der Waals surface area contributed by atoms with E-state index in [4.69, 9.17) is 11.6 Å². The Balaban J connectivity index is 2.00. The quantitative estimate of drug-likeness (QED) is 0.860. The first-order chi connectivity index (χ1) is 9.56. The van der Waals surface area contributed by atoms with E-state index >= 15 is 0 Å². The van der Waals surface area contributed by atoms with E-state index in [0.717, 1.165) is 33.7 Å². The molecular weight excluding hydrogens is 268 g/mol. The highest BCUT2D eigenvalue weighted by molar-refractivity contribution is 6.31. The fourth-order valence-corrected chi connectivity index (χ4v) is 3.26. The molecule has 1 unspecified atom stereocenters. The fourth-order valence-electron chi connectivity index (χ4n) is 3.04. The molecule has 0 aromatic heterocycles. The lowest BCUT2D eigenvalue weighted by molar-refractivity contribution is 0.219. The lowest BCUT2D eigenvalue weighted by Crippen LogP contribution is -2.03. The van der Waals surface area contributed by atoms with Crippen LogP contribution in [0.2, 0.25) is 5.02 Å². The first-order valence-electron chi connectivity index (χ1n) is 7.12. The summed E-state index contributed by atoms with van der Waals surface area (Å²) >= 11 is 6.13. The van der Waals surface area contributed by atoms with E-state index in [2.05, 4.69) is 18.2 Å². The number of hydrogen-bond donors (Lipinski definition) is 1. The molecule has 0 bridgehead atoms. The van der Waals surface area contributed by atoms with Crippen molar-refractivity contribution in [3.05, 3.63) is 68.7 Å². The first-order valence-corrected chi connectivity index (χ1v) is 7.50. The molecule has 1 nitrogen and oxygen atoms in total. The van der Waals surface area contributed by atoms with Crippen molar-refractivity contribution in [2.45, 2.75) is 39.2 Å². The van der Waals surface area contributed by atoms with Crippen LogP contribution in [0.1, 0.15) is 45.9 Å². The third kappa shape index (κ3) is 2.36. The van der Waals surface area contributed by atoms with Gasteiger partial charge < -0.3 is 5.11 Å². The minimum atomic E-state index is -0.572. The van der Waals surface area contributed by atoms with Crippen molar-refractivity contribution in [2.24, 2.45) is 0 Å². The Morgan fingerprint density at radius 1 is 1.00 bits per heavy atom. The van der Waals surface area contributed by atoms with Crippen molar-refractivity contribution >= 4 is 11.6 Å². The number of aliphatic hydroxyl groups is 1. The average molecular weight is 287 g/mol. The summed E-state index contributed by atoms with van der Waals surface area (Å²) in [5.74, 6) is 0. The number of aryl methyl sites for hydroxylation is 4. The minimum Gasteiger partial charge on any atom is -0.384 e. The second-order valence-corrected chi connectivity index (χ2v) is 6.15. The summed E-state index contributed by atoms with van der Waals surface area (Å²) in [5, 5.41) is 11.4. The molecule has 0 radical (unpaired) electrons. The third-order valence-electron chi connectivity index (χ3n) is 4.28. The van der Waals surface area contributed by atoms with Gasteiger partial charge in [-0.25, -0.2) is 0 Å². The molecule has 1 N–H and O–H groups in total. The van der Waals surface area contributed by atoms with Crippen molar-refractivity contribution in [1.82, 2.24) is 0 Å². The maximum Gasteiger partial charge on any atom is 0.104 e. The summed E-state index contributed by atoms with van der Waals surface area (Å²) in [6.07, 6.45) is 2.96. The second-order valence-electron chi connectivity index (χ2n) is 5.74. The molecule has 0 aliphatic heterocycles. The van der Waals surface area contributed by atoms with Gasteiger partial charge in [-0.3, -0.25) is 0 Å². The van der Waals surface area contributed by atoms with Crippen LogP contribution in [0.4, 0.5) is 0 Å². The molecule has 0 amide bonds. The highest BCUT2D eigenvalue weighted by atomic mass is 35.5. The van der Waals surface area contributed by atoms with Crippen LogP contribution >= 0.6 is 11.6 Å². The van der Waals surface area contributed by atoms with Gasteiger partial charge in [0, 0.05) is 5.02 Å². The van der Waals surface area contributed by atoms with Crippen LogP contribution in [0.15, 0.2) is 30.3 Å². The van der Waals surface area contributed by atoms with E-state index in [1.165, 1.54) is 24.0 Å². The van der Waals surface area contributed by atoms with Crippen LogP contribution in [0.5, 0.6) is 0 Å². The molecular formula is C18H19ClO. The van der Waals surface area contributed by atoms with E-state index in [1.807, 2.05) is 26.0 Å². The lowest BCUT2D eigenvalue weighted by atomic mass is 9.94. The first kappa shape index (κ1) is 13.7. The van der Waals surface area contributed by atoms with E-state index < -0.39 is 6.10 Å². The van der Waals surface area contributed by atoms with Crippen LogP contribution in [0.3, 0.4) is 0 Å². The summed E-state index contributed by atoms with van der Waals surface area (Å²) in [5.41, 5.74) is 6.80. The maximum atomic E-state index is 10.7. The molecule has 3 rings (SSSR count). The van der Waals surface area contributed by atoms with Crippen molar-refractivity contribution in [1.29, 1.82) is 0 Å². The van der Waals surface area contributed by atoms with E-state index in [-0.39, 0.29) is 0 Å². The molecule has 1 aliphatic rings. The van der Waals surface area contributed by atoms with Gasteiger partial charge in [0.25, 0.3) is 0 Å². The highest BCUT2D eigenvalue weighted by Gasteiger charge is 2.17. The average Bonchev–Trinajstić information content (AvgIpc) is 2.89. The van der Waals surface area contributed by atoms with Crippen LogP contribution in [0.25, 0.3) is 0 Å². The van der Waals surface area contributed by atoms with Gasteiger partial charge in [0.15, 0.2) is 0 Å². The van der Waals surface area contributed by atoms with Gasteiger partial charge >= 0.3 is 0 Å². The second kappa shape index (κ2) is 5.23. The Bertz CT molecular complexity index is 661. The molecule has 2 heteroatoms. The van der Waals surface area contributed by atoms with Gasteiger partial charge in [0.1, 0.15) is 6.10 Å². The number of benzene rings is 2. The molecule has 0 spiro atoms. The van der Waals surface area contributed by atoms with Crippen molar-refractivity contribution < 1.29 is 5.11 Å². The maximum absolute atomic E-state index is 10.7. The lowest BCUT2D eigenvalue weighted by Gasteiger charge is -2.17. The van der Waals surface area contributed by atoms with Gasteiger partial charge in [0.05, 0.1) is 0 Å². The van der Waals surface area contributed by atoms with Crippen LogP contribution in [0, 0.1) is 13.8 Å². The molecule has 0 fully saturated rings. The predicted molar refractivity (Wildman–Crippen MR) is 83.5 cm³/mol. The number of rotatable bonds is 2. The van der Waals surface area contributed by atoms with E-state index in [0.29, 0.717) is 0 Å². The van der Waals surface area contributed by atoms with Crippen LogP contribution < -0.4 is 0 Å². The van der Waals surface area contributed by atoms with E-state index in [9.17, 15) is 5.11 Å². The highest BCUT2D eigenvalue weighted by Crippen LogP contribution is 2.31. The topological polar surface area (TPSA) is 20.2 Å². The largest absolute Gasteiger partial charge is 0.384 e. The molecule has 104 valence electrons. The number of hydrogen-bond acceptors (Lipinski definition) is 1. The molecule has 20 heavy (non-hydrogen) atoms. The molecule has 1 atom stereocenters. The summed E-state index contributed by atoms with van der Waals surface area (Å²) in [6, 6.07) is 10.3. The predicted octanol–water partition coefficient (Wildman–Crippen LogP) is 4.53. The van der Waals surface area contributed by atoms with E-state index in [1.54, 1.807) is 0 Å². The van der Waals surface area contributed by atoms with Gasteiger partial charge in [-0.1, -0.05) is 35.9 Å². The summed E-state index contributed by atoms with van der Waals surface area (Å²) in [7, 11) is 0. The summed E-state index contributed by atoms with van der Waals surface area (Å²) in [6.45, 7) is 3.97. The van der Waals surface area contributed by atoms with Gasteiger partial charge in [-0.05, 0) is 72.6 Å². The Kier molecular flexibility index (Phi) is 3.57. The zero-order valence-corrected chi connectivity index (χ0v) is 12.7. The van der Waals surface area contributed by atoms with Gasteiger partial charge in [-0.15, -0.1) is 0 Å². The smallest absolute Gasteiger partial charge is 0.104 e. The molecule has 2 aromatic carbocycles. The van der Waals surface area contributed by atoms with Gasteiger partial charge in [-0.2, -0.15) is 0 Å². The van der Waals surface area contributed by atoms with Crippen molar-refractivity contribution in [2.75, 3.05) is 0 Å². The van der Waals surface area contributed by atoms with Crippen LogP contribution in [-0.4, -0.2) is 5.11 Å². The minimum absolute atomic E-state index is 0.572. The third-order valence-corrected chi connectivity index (χ3v) is 4.69. The molecule has 0 saturated heterocycles. The molecule has 2 aromatic rings. The zero-order chi connectivity index (χ0) is 14.3. The molecule has 0 heterocycles. The SMILES string of the molecule is Cc1cc(C(O)c2ccc3c(c2)CCC3)c(C)cc1Cl. The fraction of sp³-hybridized carbons (Fsp3) is 0.333. The number of fused-ring (bicyclic) bond motifs is 1. The number of halogens is 1. The van der Waals surface area contributed by atoms with Gasteiger partial charge in [0.2, 0.25) is 0 Å².